The first-order chi connectivity index (χ1) is 11.5. The lowest BCUT2D eigenvalue weighted by molar-refractivity contribution is -0.117. The van der Waals surface area contributed by atoms with Gasteiger partial charge in [0.1, 0.15) is 5.75 Å². The van der Waals surface area contributed by atoms with Gasteiger partial charge in [-0.3, -0.25) is 4.79 Å². The van der Waals surface area contributed by atoms with Gasteiger partial charge in [-0.05, 0) is 43.5 Å². The number of carbonyl (C=O) groups is 1. The Morgan fingerprint density at radius 2 is 2.12 bits per heavy atom. The molecule has 1 atom stereocenters. The highest BCUT2D eigenvalue weighted by molar-refractivity contribution is 6.31. The molecule has 1 N–H and O–H groups in total. The number of fused-ring (bicyclic) bond motifs is 1. The average molecular weight is 345 g/mol. The summed E-state index contributed by atoms with van der Waals surface area (Å²) in [4.78, 5) is 14.6. The Hall–Kier alpha value is -2.20. The molecule has 0 fully saturated rings. The quantitative estimate of drug-likeness (QED) is 0.909. The molecule has 1 amide bonds. The van der Waals surface area contributed by atoms with Crippen molar-refractivity contribution < 1.29 is 9.53 Å². The molecule has 0 bridgehead atoms. The number of carbonyl (C=O) groups excluding carboxylic acids is 1. The zero-order valence-electron chi connectivity index (χ0n) is 14.1. The van der Waals surface area contributed by atoms with Crippen molar-refractivity contribution in [3.63, 3.8) is 0 Å². The van der Waals surface area contributed by atoms with Crippen molar-refractivity contribution in [2.45, 2.75) is 26.3 Å². The van der Waals surface area contributed by atoms with Crippen LogP contribution in [-0.4, -0.2) is 25.6 Å². The van der Waals surface area contributed by atoms with Gasteiger partial charge in [0.05, 0.1) is 19.3 Å². The SMILES string of the molecule is COc1cc(Cl)c(C)cc1NCC(=O)N1c2ccccc2CC1C. The van der Waals surface area contributed by atoms with Crippen molar-refractivity contribution in [3.05, 3.63) is 52.5 Å². The van der Waals surface area contributed by atoms with Gasteiger partial charge < -0.3 is 15.0 Å². The van der Waals surface area contributed by atoms with E-state index in [1.165, 1.54) is 5.56 Å². The largest absolute Gasteiger partial charge is 0.495 e. The van der Waals surface area contributed by atoms with E-state index in [2.05, 4.69) is 18.3 Å². The van der Waals surface area contributed by atoms with Crippen molar-refractivity contribution in [1.82, 2.24) is 0 Å². The van der Waals surface area contributed by atoms with Gasteiger partial charge in [0, 0.05) is 22.8 Å². The van der Waals surface area contributed by atoms with Crippen LogP contribution < -0.4 is 15.0 Å². The lowest BCUT2D eigenvalue weighted by atomic mass is 10.1. The molecule has 0 spiro atoms. The third kappa shape index (κ3) is 3.06. The first-order valence-electron chi connectivity index (χ1n) is 7.99. The monoisotopic (exact) mass is 344 g/mol. The molecule has 1 heterocycles. The molecule has 0 aromatic heterocycles. The second-order valence-electron chi connectivity index (χ2n) is 6.10. The molecule has 1 unspecified atom stereocenters. The third-order valence-corrected chi connectivity index (χ3v) is 4.79. The Kier molecular flexibility index (Phi) is 4.67. The van der Waals surface area contributed by atoms with E-state index in [1.54, 1.807) is 13.2 Å². The summed E-state index contributed by atoms with van der Waals surface area (Å²) in [7, 11) is 1.59. The number of ether oxygens (including phenoxy) is 1. The van der Waals surface area contributed by atoms with Gasteiger partial charge in [0.25, 0.3) is 0 Å². The van der Waals surface area contributed by atoms with Gasteiger partial charge in [-0.15, -0.1) is 0 Å². The van der Waals surface area contributed by atoms with Gasteiger partial charge >= 0.3 is 0 Å². The van der Waals surface area contributed by atoms with Crippen LogP contribution in [0.25, 0.3) is 0 Å². The normalized spacial score (nSPS) is 16.0. The highest BCUT2D eigenvalue weighted by Crippen LogP contribution is 2.33. The molecular weight excluding hydrogens is 324 g/mol. The van der Waals surface area contributed by atoms with Crippen LogP contribution in [-0.2, 0) is 11.2 Å². The summed E-state index contributed by atoms with van der Waals surface area (Å²) in [6, 6.07) is 11.9. The molecule has 1 aliphatic rings. The topological polar surface area (TPSA) is 41.6 Å². The third-order valence-electron chi connectivity index (χ3n) is 4.39. The molecule has 0 saturated heterocycles. The molecular formula is C19H21ClN2O2. The van der Waals surface area contributed by atoms with E-state index in [4.69, 9.17) is 16.3 Å². The van der Waals surface area contributed by atoms with Gasteiger partial charge in [-0.25, -0.2) is 0 Å². The van der Waals surface area contributed by atoms with Crippen molar-refractivity contribution in [3.8, 4) is 5.75 Å². The molecule has 2 aromatic carbocycles. The standard InChI is InChI=1S/C19H21ClN2O2/c1-12-8-16(18(24-3)10-15(12)20)21-11-19(23)22-13(2)9-14-6-4-5-7-17(14)22/h4-8,10,13,21H,9,11H2,1-3H3. The summed E-state index contributed by atoms with van der Waals surface area (Å²) in [5, 5.41) is 3.83. The van der Waals surface area contributed by atoms with Crippen LogP contribution in [0.3, 0.4) is 0 Å². The number of halogens is 1. The fourth-order valence-corrected chi connectivity index (χ4v) is 3.33. The summed E-state index contributed by atoms with van der Waals surface area (Å²) < 4.78 is 5.34. The van der Waals surface area contributed by atoms with E-state index >= 15 is 0 Å². The number of anilines is 2. The number of amides is 1. The summed E-state index contributed by atoms with van der Waals surface area (Å²) in [5.74, 6) is 0.676. The van der Waals surface area contributed by atoms with Gasteiger partial charge in [-0.1, -0.05) is 29.8 Å². The predicted octanol–water partition coefficient (Wildman–Crippen LogP) is 4.05. The van der Waals surface area contributed by atoms with Gasteiger partial charge in [0.15, 0.2) is 0 Å². The zero-order chi connectivity index (χ0) is 17.3. The van der Waals surface area contributed by atoms with E-state index in [9.17, 15) is 4.79 Å². The number of rotatable bonds is 4. The number of nitrogens with one attached hydrogen (secondary N) is 1. The molecule has 1 aliphatic heterocycles. The van der Waals surface area contributed by atoms with E-state index in [0.717, 1.165) is 23.4 Å². The predicted molar refractivity (Wildman–Crippen MR) is 98.3 cm³/mol. The van der Waals surface area contributed by atoms with Crippen LogP contribution in [0.4, 0.5) is 11.4 Å². The van der Waals surface area contributed by atoms with Crippen LogP contribution in [0.15, 0.2) is 36.4 Å². The number of aryl methyl sites for hydroxylation is 1. The minimum atomic E-state index is 0.0436. The molecule has 0 aliphatic carbocycles. The van der Waals surface area contributed by atoms with Crippen LogP contribution in [0, 0.1) is 6.92 Å². The number of hydrogen-bond donors (Lipinski definition) is 1. The zero-order valence-corrected chi connectivity index (χ0v) is 14.9. The second kappa shape index (κ2) is 6.73. The fourth-order valence-electron chi connectivity index (χ4n) is 3.17. The number of para-hydroxylation sites is 1. The summed E-state index contributed by atoms with van der Waals surface area (Å²) in [5.41, 5.74) is 3.94. The van der Waals surface area contributed by atoms with E-state index in [-0.39, 0.29) is 18.5 Å². The lowest BCUT2D eigenvalue weighted by Crippen LogP contribution is -2.39. The summed E-state index contributed by atoms with van der Waals surface area (Å²) in [6.07, 6.45) is 0.894. The molecule has 24 heavy (non-hydrogen) atoms. The van der Waals surface area contributed by atoms with Gasteiger partial charge in [0.2, 0.25) is 5.91 Å². The molecule has 0 radical (unpaired) electrons. The Labute approximate surface area is 147 Å². The highest BCUT2D eigenvalue weighted by atomic mass is 35.5. The van der Waals surface area contributed by atoms with E-state index in [1.807, 2.05) is 36.1 Å². The van der Waals surface area contributed by atoms with Crippen LogP contribution >= 0.6 is 11.6 Å². The molecule has 126 valence electrons. The smallest absolute Gasteiger partial charge is 0.246 e. The number of nitrogens with zero attached hydrogens (tertiary/aromatic N) is 1. The first kappa shape index (κ1) is 16.7. The Morgan fingerprint density at radius 3 is 2.88 bits per heavy atom. The molecule has 2 aromatic rings. The maximum Gasteiger partial charge on any atom is 0.246 e. The number of methoxy groups -OCH3 is 1. The maximum absolute atomic E-state index is 12.7. The minimum Gasteiger partial charge on any atom is -0.495 e. The van der Waals surface area contributed by atoms with Crippen molar-refractivity contribution in [2.24, 2.45) is 0 Å². The molecule has 4 nitrogen and oxygen atoms in total. The Morgan fingerprint density at radius 1 is 1.38 bits per heavy atom. The lowest BCUT2D eigenvalue weighted by Gasteiger charge is -2.23. The average Bonchev–Trinajstić information content (AvgIpc) is 2.91. The molecule has 3 rings (SSSR count). The number of hydrogen-bond acceptors (Lipinski definition) is 3. The van der Waals surface area contributed by atoms with E-state index < -0.39 is 0 Å². The van der Waals surface area contributed by atoms with Crippen LogP contribution in [0.2, 0.25) is 5.02 Å². The van der Waals surface area contributed by atoms with Crippen LogP contribution in [0.1, 0.15) is 18.1 Å². The van der Waals surface area contributed by atoms with Crippen molar-refractivity contribution in [1.29, 1.82) is 0 Å². The summed E-state index contributed by atoms with van der Waals surface area (Å²) >= 11 is 6.12. The Balaban J connectivity index is 1.76. The Bertz CT molecular complexity index is 776. The summed E-state index contributed by atoms with van der Waals surface area (Å²) in [6.45, 7) is 4.20. The van der Waals surface area contributed by atoms with Crippen LogP contribution in [0.5, 0.6) is 5.75 Å². The second-order valence-corrected chi connectivity index (χ2v) is 6.51. The first-order valence-corrected chi connectivity index (χ1v) is 8.37. The highest BCUT2D eigenvalue weighted by Gasteiger charge is 2.30. The minimum absolute atomic E-state index is 0.0436. The van der Waals surface area contributed by atoms with E-state index in [0.29, 0.717) is 10.8 Å². The number of benzene rings is 2. The fraction of sp³-hybridized carbons (Fsp3) is 0.316. The maximum atomic E-state index is 12.7. The molecule has 5 heteroatoms. The van der Waals surface area contributed by atoms with Crippen molar-refractivity contribution in [2.75, 3.05) is 23.9 Å². The molecule has 0 saturated carbocycles. The van der Waals surface area contributed by atoms with Gasteiger partial charge in [-0.2, -0.15) is 0 Å². The van der Waals surface area contributed by atoms with Crippen molar-refractivity contribution >= 4 is 28.9 Å².